The number of aryl methyl sites for hydroxylation is 1. The summed E-state index contributed by atoms with van der Waals surface area (Å²) in [4.78, 5) is 12.0. The molecule has 1 amide bonds. The number of halogens is 2. The van der Waals surface area contributed by atoms with Gasteiger partial charge in [0.1, 0.15) is 0 Å². The van der Waals surface area contributed by atoms with E-state index in [1.807, 2.05) is 31.2 Å². The number of carbonyl (C=O) groups excluding carboxylic acids is 1. The lowest BCUT2D eigenvalue weighted by molar-refractivity contribution is -0.113. The number of amides is 1. The number of hydrogen-bond acceptors (Lipinski definition) is 5. The zero-order valence-electron chi connectivity index (χ0n) is 13.1. The summed E-state index contributed by atoms with van der Waals surface area (Å²) in [6, 6.07) is 12.6. The van der Waals surface area contributed by atoms with Crippen molar-refractivity contribution in [2.24, 2.45) is 0 Å². The highest BCUT2D eigenvalue weighted by Gasteiger charge is 2.12. The van der Waals surface area contributed by atoms with Crippen LogP contribution in [0.3, 0.4) is 0 Å². The molecule has 3 rings (SSSR count). The Labute approximate surface area is 158 Å². The fourth-order valence-electron chi connectivity index (χ4n) is 1.99. The second-order valence-electron chi connectivity index (χ2n) is 5.20. The topological polar surface area (TPSA) is 68.0 Å². The maximum absolute atomic E-state index is 12.0. The minimum Gasteiger partial charge on any atom is -0.411 e. The van der Waals surface area contributed by atoms with Crippen molar-refractivity contribution in [3.05, 3.63) is 58.1 Å². The van der Waals surface area contributed by atoms with E-state index >= 15 is 0 Å². The molecular weight excluding hydrogens is 381 g/mol. The molecule has 1 N–H and O–H groups in total. The SMILES string of the molecule is Cc1ccc(-c2nnc(SCC(=O)Nc3cc(Cl)ccc3Cl)o2)cc1. The van der Waals surface area contributed by atoms with Crippen molar-refractivity contribution in [3.63, 3.8) is 0 Å². The van der Waals surface area contributed by atoms with Gasteiger partial charge < -0.3 is 9.73 Å². The Kier molecular flexibility index (Phi) is 5.63. The van der Waals surface area contributed by atoms with E-state index in [0.29, 0.717) is 26.8 Å². The molecule has 1 heterocycles. The van der Waals surface area contributed by atoms with Crippen molar-refractivity contribution in [2.45, 2.75) is 12.1 Å². The minimum absolute atomic E-state index is 0.109. The second-order valence-corrected chi connectivity index (χ2v) is 6.97. The van der Waals surface area contributed by atoms with E-state index in [4.69, 9.17) is 27.6 Å². The fourth-order valence-corrected chi connectivity index (χ4v) is 2.89. The highest BCUT2D eigenvalue weighted by Crippen LogP contribution is 2.27. The third-order valence-electron chi connectivity index (χ3n) is 3.23. The molecule has 0 aliphatic rings. The van der Waals surface area contributed by atoms with Crippen molar-refractivity contribution in [1.82, 2.24) is 10.2 Å². The maximum atomic E-state index is 12.0. The second kappa shape index (κ2) is 7.91. The summed E-state index contributed by atoms with van der Waals surface area (Å²) in [5, 5.41) is 11.9. The molecule has 5 nitrogen and oxygen atoms in total. The Balaban J connectivity index is 1.59. The van der Waals surface area contributed by atoms with Gasteiger partial charge in [-0.1, -0.05) is 52.7 Å². The van der Waals surface area contributed by atoms with Gasteiger partial charge in [0, 0.05) is 10.6 Å². The predicted molar refractivity (Wildman–Crippen MR) is 100 cm³/mol. The summed E-state index contributed by atoms with van der Waals surface area (Å²) in [5.41, 5.74) is 2.44. The highest BCUT2D eigenvalue weighted by atomic mass is 35.5. The van der Waals surface area contributed by atoms with Gasteiger partial charge in [-0.05, 0) is 37.3 Å². The Morgan fingerprint density at radius 1 is 1.16 bits per heavy atom. The molecule has 3 aromatic rings. The number of thioether (sulfide) groups is 1. The molecule has 25 heavy (non-hydrogen) atoms. The van der Waals surface area contributed by atoms with Crippen LogP contribution in [-0.2, 0) is 4.79 Å². The van der Waals surface area contributed by atoms with Gasteiger partial charge in [-0.15, -0.1) is 10.2 Å². The van der Waals surface area contributed by atoms with E-state index in [1.165, 1.54) is 0 Å². The summed E-state index contributed by atoms with van der Waals surface area (Å²) in [6.07, 6.45) is 0. The van der Waals surface area contributed by atoms with Crippen molar-refractivity contribution in [1.29, 1.82) is 0 Å². The third kappa shape index (κ3) is 4.75. The standard InChI is InChI=1S/C17H13Cl2N3O2S/c1-10-2-4-11(5-3-10)16-21-22-17(24-16)25-9-15(23)20-14-8-12(18)6-7-13(14)19/h2-8H,9H2,1H3,(H,20,23). The lowest BCUT2D eigenvalue weighted by atomic mass is 10.1. The van der Waals surface area contributed by atoms with Gasteiger partial charge in [0.2, 0.25) is 11.8 Å². The van der Waals surface area contributed by atoms with Gasteiger partial charge in [-0.2, -0.15) is 0 Å². The summed E-state index contributed by atoms with van der Waals surface area (Å²) in [6.45, 7) is 2.00. The number of nitrogens with one attached hydrogen (secondary N) is 1. The smallest absolute Gasteiger partial charge is 0.277 e. The van der Waals surface area contributed by atoms with Crippen molar-refractivity contribution in [3.8, 4) is 11.5 Å². The maximum Gasteiger partial charge on any atom is 0.277 e. The summed E-state index contributed by atoms with van der Waals surface area (Å²) < 4.78 is 5.57. The lowest BCUT2D eigenvalue weighted by Crippen LogP contribution is -2.14. The van der Waals surface area contributed by atoms with Crippen LogP contribution in [0.15, 0.2) is 52.1 Å². The van der Waals surface area contributed by atoms with E-state index in [1.54, 1.807) is 18.2 Å². The number of nitrogens with zero attached hydrogens (tertiary/aromatic N) is 2. The van der Waals surface area contributed by atoms with Crippen LogP contribution in [0, 0.1) is 6.92 Å². The molecule has 0 atom stereocenters. The largest absolute Gasteiger partial charge is 0.411 e. The third-order valence-corrected chi connectivity index (χ3v) is 4.62. The average molecular weight is 394 g/mol. The summed E-state index contributed by atoms with van der Waals surface area (Å²) in [7, 11) is 0. The zero-order valence-corrected chi connectivity index (χ0v) is 15.5. The number of rotatable bonds is 5. The number of hydrogen-bond donors (Lipinski definition) is 1. The first-order chi connectivity index (χ1) is 12.0. The van der Waals surface area contributed by atoms with Gasteiger partial charge in [-0.25, -0.2) is 0 Å². The molecule has 0 spiro atoms. The first-order valence-electron chi connectivity index (χ1n) is 7.29. The first-order valence-corrected chi connectivity index (χ1v) is 9.03. The summed E-state index contributed by atoms with van der Waals surface area (Å²) in [5.74, 6) is 0.281. The molecule has 0 aliphatic heterocycles. The number of carbonyl (C=O) groups is 1. The van der Waals surface area contributed by atoms with Gasteiger partial charge in [0.25, 0.3) is 5.22 Å². The number of anilines is 1. The summed E-state index contributed by atoms with van der Waals surface area (Å²) >= 11 is 13.1. The molecule has 2 aromatic carbocycles. The lowest BCUT2D eigenvalue weighted by Gasteiger charge is -2.06. The highest BCUT2D eigenvalue weighted by molar-refractivity contribution is 7.99. The van der Waals surface area contributed by atoms with Gasteiger partial charge in [0.05, 0.1) is 16.5 Å². The van der Waals surface area contributed by atoms with E-state index in [0.717, 1.165) is 22.9 Å². The van der Waals surface area contributed by atoms with E-state index in [9.17, 15) is 4.79 Å². The Hall–Kier alpha value is -2.02. The molecule has 128 valence electrons. The van der Waals surface area contributed by atoms with E-state index < -0.39 is 0 Å². The van der Waals surface area contributed by atoms with Gasteiger partial charge in [-0.3, -0.25) is 4.79 Å². The molecule has 0 radical (unpaired) electrons. The molecule has 1 aromatic heterocycles. The minimum atomic E-state index is -0.246. The van der Waals surface area contributed by atoms with Crippen molar-refractivity contribution in [2.75, 3.05) is 11.1 Å². The van der Waals surface area contributed by atoms with Crippen LogP contribution in [0.25, 0.3) is 11.5 Å². The molecule has 8 heteroatoms. The molecule has 0 bridgehead atoms. The predicted octanol–water partition coefficient (Wildman–Crippen LogP) is 5.08. The molecule has 0 fully saturated rings. The van der Waals surface area contributed by atoms with Crippen LogP contribution in [0.1, 0.15) is 5.56 Å². The Morgan fingerprint density at radius 3 is 2.68 bits per heavy atom. The van der Waals surface area contributed by atoms with Crippen LogP contribution >= 0.6 is 35.0 Å². The van der Waals surface area contributed by atoms with E-state index in [-0.39, 0.29) is 11.7 Å². The van der Waals surface area contributed by atoms with Crippen LogP contribution in [-0.4, -0.2) is 21.9 Å². The fraction of sp³-hybridized carbons (Fsp3) is 0.118. The molecule has 0 saturated heterocycles. The normalized spacial score (nSPS) is 10.7. The van der Waals surface area contributed by atoms with Crippen molar-refractivity contribution < 1.29 is 9.21 Å². The zero-order chi connectivity index (χ0) is 17.8. The Bertz CT molecular complexity index is 897. The van der Waals surface area contributed by atoms with E-state index in [2.05, 4.69) is 15.5 Å². The molecular formula is C17H13Cl2N3O2S. The van der Waals surface area contributed by atoms with Crippen LogP contribution in [0.5, 0.6) is 0 Å². The monoisotopic (exact) mass is 393 g/mol. The van der Waals surface area contributed by atoms with Crippen LogP contribution in [0.4, 0.5) is 5.69 Å². The Morgan fingerprint density at radius 2 is 1.92 bits per heavy atom. The number of benzene rings is 2. The van der Waals surface area contributed by atoms with Crippen LogP contribution in [0.2, 0.25) is 10.0 Å². The van der Waals surface area contributed by atoms with Gasteiger partial charge in [0.15, 0.2) is 0 Å². The molecule has 0 saturated carbocycles. The average Bonchev–Trinajstić information content (AvgIpc) is 3.06. The van der Waals surface area contributed by atoms with Gasteiger partial charge >= 0.3 is 0 Å². The quantitative estimate of drug-likeness (QED) is 0.611. The number of aromatic nitrogens is 2. The molecule has 0 unspecified atom stereocenters. The van der Waals surface area contributed by atoms with Crippen LogP contribution < -0.4 is 5.32 Å². The molecule has 0 aliphatic carbocycles. The van der Waals surface area contributed by atoms with Crippen molar-refractivity contribution >= 4 is 46.6 Å². The first kappa shape index (κ1) is 17.8.